The summed E-state index contributed by atoms with van der Waals surface area (Å²) in [5.41, 5.74) is -0.920. The molecule has 0 aliphatic rings. The van der Waals surface area contributed by atoms with E-state index in [0.717, 1.165) is 12.4 Å². The Balaban J connectivity index is 2.44. The van der Waals surface area contributed by atoms with Gasteiger partial charge in [0.25, 0.3) is 5.88 Å². The Labute approximate surface area is 117 Å². The lowest BCUT2D eigenvalue weighted by Gasteiger charge is -2.14. The highest BCUT2D eigenvalue weighted by Crippen LogP contribution is 2.40. The first-order valence-corrected chi connectivity index (χ1v) is 5.70. The zero-order valence-corrected chi connectivity index (χ0v) is 10.9. The zero-order chi connectivity index (χ0) is 14.8. The van der Waals surface area contributed by atoms with E-state index < -0.39 is 17.5 Å². The number of hydrogen-bond acceptors (Lipinski definition) is 4. The van der Waals surface area contributed by atoms with Gasteiger partial charge < -0.3 is 9.47 Å². The van der Waals surface area contributed by atoms with Crippen molar-refractivity contribution in [3.05, 3.63) is 41.3 Å². The second kappa shape index (κ2) is 5.54. The highest BCUT2D eigenvalue weighted by molar-refractivity contribution is 6.31. The third-order valence-electron chi connectivity index (χ3n) is 2.33. The van der Waals surface area contributed by atoms with Crippen LogP contribution in [0.25, 0.3) is 0 Å². The molecule has 0 saturated heterocycles. The molecule has 1 aromatic carbocycles. The minimum Gasteiger partial charge on any atom is -0.489 e. The topological polar surface area (TPSA) is 44.2 Å². The van der Waals surface area contributed by atoms with Gasteiger partial charge in [-0.15, -0.1) is 0 Å². The van der Waals surface area contributed by atoms with Crippen molar-refractivity contribution in [2.75, 3.05) is 7.11 Å². The molecule has 8 heteroatoms. The van der Waals surface area contributed by atoms with E-state index in [9.17, 15) is 13.2 Å². The number of halogens is 4. The molecule has 20 heavy (non-hydrogen) atoms. The molecule has 2 aromatic rings. The van der Waals surface area contributed by atoms with Gasteiger partial charge in [-0.25, -0.2) is 4.98 Å². The van der Waals surface area contributed by atoms with Gasteiger partial charge in [0.2, 0.25) is 5.75 Å². The second-order valence-electron chi connectivity index (χ2n) is 3.60. The molecule has 0 unspecified atom stereocenters. The first kappa shape index (κ1) is 14.4. The summed E-state index contributed by atoms with van der Waals surface area (Å²) in [6.45, 7) is 0. The molecule has 0 aliphatic heterocycles. The quantitative estimate of drug-likeness (QED) is 0.805. The van der Waals surface area contributed by atoms with Crippen molar-refractivity contribution < 1.29 is 22.6 Å². The molecule has 0 saturated carbocycles. The summed E-state index contributed by atoms with van der Waals surface area (Å²) < 4.78 is 48.6. The maximum Gasteiger partial charge on any atom is 0.419 e. The number of rotatable bonds is 3. The lowest BCUT2D eigenvalue weighted by atomic mass is 10.2. The Morgan fingerprint density at radius 2 is 1.85 bits per heavy atom. The smallest absolute Gasteiger partial charge is 0.419 e. The highest BCUT2D eigenvalue weighted by atomic mass is 35.5. The number of nitrogens with zero attached hydrogens (tertiary/aromatic N) is 2. The van der Waals surface area contributed by atoms with Gasteiger partial charge in [-0.05, 0) is 12.1 Å². The van der Waals surface area contributed by atoms with Crippen molar-refractivity contribution in [2.45, 2.75) is 6.18 Å². The molecule has 2 rings (SSSR count). The van der Waals surface area contributed by atoms with Crippen LogP contribution < -0.4 is 9.47 Å². The number of para-hydroxylation sites is 1. The largest absolute Gasteiger partial charge is 0.489 e. The van der Waals surface area contributed by atoms with Gasteiger partial charge in [0.05, 0.1) is 12.7 Å². The number of hydrogen-bond donors (Lipinski definition) is 0. The van der Waals surface area contributed by atoms with Crippen molar-refractivity contribution in [2.24, 2.45) is 0 Å². The zero-order valence-electron chi connectivity index (χ0n) is 10.1. The van der Waals surface area contributed by atoms with Crippen LogP contribution >= 0.6 is 11.6 Å². The predicted molar refractivity (Wildman–Crippen MR) is 65.1 cm³/mol. The number of aromatic nitrogens is 2. The molecule has 0 N–H and O–H groups in total. The van der Waals surface area contributed by atoms with Gasteiger partial charge >= 0.3 is 6.18 Å². The van der Waals surface area contributed by atoms with Crippen LogP contribution in [0.1, 0.15) is 5.56 Å². The van der Waals surface area contributed by atoms with Crippen molar-refractivity contribution in [3.8, 4) is 17.4 Å². The Morgan fingerprint density at radius 3 is 2.50 bits per heavy atom. The van der Waals surface area contributed by atoms with Crippen molar-refractivity contribution >= 4 is 11.6 Å². The maximum atomic E-state index is 12.8. The predicted octanol–water partition coefficient (Wildman–Crippen LogP) is 3.95. The molecule has 0 spiro atoms. The lowest BCUT2D eigenvalue weighted by Crippen LogP contribution is -2.07. The third-order valence-corrected chi connectivity index (χ3v) is 2.60. The molecule has 4 nitrogen and oxygen atoms in total. The summed E-state index contributed by atoms with van der Waals surface area (Å²) in [5, 5.41) is -0.0537. The minimum atomic E-state index is -4.54. The molecule has 1 aromatic heterocycles. The monoisotopic (exact) mass is 304 g/mol. The average molecular weight is 305 g/mol. The summed E-state index contributed by atoms with van der Waals surface area (Å²) in [5.74, 6) is -0.622. The van der Waals surface area contributed by atoms with Gasteiger partial charge in [-0.3, -0.25) is 0 Å². The molecule has 0 amide bonds. The van der Waals surface area contributed by atoms with Crippen molar-refractivity contribution in [1.29, 1.82) is 0 Å². The van der Waals surface area contributed by atoms with Gasteiger partial charge in [-0.1, -0.05) is 23.7 Å². The van der Waals surface area contributed by atoms with Crippen molar-refractivity contribution in [3.63, 3.8) is 0 Å². The van der Waals surface area contributed by atoms with Crippen LogP contribution in [0.15, 0.2) is 30.6 Å². The summed E-state index contributed by atoms with van der Waals surface area (Å²) in [7, 11) is 1.28. The van der Waals surface area contributed by atoms with Crippen LogP contribution in [0.2, 0.25) is 5.15 Å². The number of benzene rings is 1. The van der Waals surface area contributed by atoms with E-state index in [0.29, 0.717) is 0 Å². The van der Waals surface area contributed by atoms with E-state index >= 15 is 0 Å². The molecule has 0 atom stereocenters. The van der Waals surface area contributed by atoms with E-state index in [1.54, 1.807) is 0 Å². The van der Waals surface area contributed by atoms with Crippen LogP contribution in [0, 0.1) is 0 Å². The van der Waals surface area contributed by atoms with E-state index in [1.807, 2.05) is 0 Å². The molecule has 106 valence electrons. The number of ether oxygens (including phenoxy) is 2. The molecule has 0 aliphatic carbocycles. The molecule has 0 radical (unpaired) electrons. The maximum absolute atomic E-state index is 12.8. The number of methoxy groups -OCH3 is 1. The Bertz CT molecular complexity index is 620. The Kier molecular flexibility index (Phi) is 3.99. The van der Waals surface area contributed by atoms with Gasteiger partial charge in [-0.2, -0.15) is 18.2 Å². The van der Waals surface area contributed by atoms with E-state index in [4.69, 9.17) is 21.1 Å². The van der Waals surface area contributed by atoms with Crippen LogP contribution in [-0.2, 0) is 6.18 Å². The fraction of sp³-hybridized carbons (Fsp3) is 0.167. The summed E-state index contributed by atoms with van der Waals surface area (Å²) >= 11 is 5.75. The standard InChI is InChI=1S/C12H8ClF3N2O2/c1-19-9-10(13)17-6-18-11(9)20-8-5-3-2-4-7(8)12(14,15)16/h2-6H,1H3. The molecule has 0 bridgehead atoms. The lowest BCUT2D eigenvalue weighted by molar-refractivity contribution is -0.138. The fourth-order valence-electron chi connectivity index (χ4n) is 1.48. The molecular formula is C12H8ClF3N2O2. The molecule has 1 heterocycles. The SMILES string of the molecule is COc1c(Cl)ncnc1Oc1ccccc1C(F)(F)F. The average Bonchev–Trinajstić information content (AvgIpc) is 2.38. The van der Waals surface area contributed by atoms with Gasteiger partial charge in [0.15, 0.2) is 5.15 Å². The Hall–Kier alpha value is -2.02. The van der Waals surface area contributed by atoms with Crippen LogP contribution in [0.4, 0.5) is 13.2 Å². The van der Waals surface area contributed by atoms with Crippen molar-refractivity contribution in [1.82, 2.24) is 9.97 Å². The summed E-state index contributed by atoms with van der Waals surface area (Å²) in [6, 6.07) is 4.77. The van der Waals surface area contributed by atoms with Crippen LogP contribution in [-0.4, -0.2) is 17.1 Å². The number of alkyl halides is 3. The van der Waals surface area contributed by atoms with Crippen LogP contribution in [0.5, 0.6) is 17.4 Å². The molecule has 0 fully saturated rings. The third kappa shape index (κ3) is 2.93. The van der Waals surface area contributed by atoms with E-state index in [2.05, 4.69) is 9.97 Å². The van der Waals surface area contributed by atoms with Gasteiger partial charge in [0.1, 0.15) is 12.1 Å². The summed E-state index contributed by atoms with van der Waals surface area (Å²) in [6.07, 6.45) is -3.48. The van der Waals surface area contributed by atoms with Crippen LogP contribution in [0.3, 0.4) is 0 Å². The molecular weight excluding hydrogens is 297 g/mol. The highest BCUT2D eigenvalue weighted by Gasteiger charge is 2.34. The normalized spacial score (nSPS) is 11.2. The van der Waals surface area contributed by atoms with Gasteiger partial charge in [0, 0.05) is 0 Å². The fourth-order valence-corrected chi connectivity index (χ4v) is 1.68. The minimum absolute atomic E-state index is 0.0360. The Morgan fingerprint density at radius 1 is 1.15 bits per heavy atom. The first-order valence-electron chi connectivity index (χ1n) is 5.32. The first-order chi connectivity index (χ1) is 9.43. The van der Waals surface area contributed by atoms with E-state index in [1.165, 1.54) is 25.3 Å². The van der Waals surface area contributed by atoms with E-state index in [-0.39, 0.29) is 16.8 Å². The summed E-state index contributed by atoms with van der Waals surface area (Å²) in [4.78, 5) is 7.37. The second-order valence-corrected chi connectivity index (χ2v) is 3.96.